The van der Waals surface area contributed by atoms with Gasteiger partial charge in [-0.15, -0.1) is 11.8 Å². The largest absolute Gasteiger partial charge is 0.459 e. The molecule has 1 aromatic carbocycles. The zero-order chi connectivity index (χ0) is 19.6. The average Bonchev–Trinajstić information content (AvgIpc) is 3.26. The maximum Gasteiger partial charge on any atom is 0.289 e. The summed E-state index contributed by atoms with van der Waals surface area (Å²) in [6, 6.07) is 6.59. The van der Waals surface area contributed by atoms with E-state index >= 15 is 0 Å². The molecule has 1 fully saturated rings. The molecule has 0 bridgehead atoms. The topological polar surface area (TPSA) is 53.8 Å². The van der Waals surface area contributed by atoms with Gasteiger partial charge in [0.05, 0.1) is 11.5 Å². The van der Waals surface area contributed by atoms with E-state index in [1.54, 1.807) is 28.9 Å². The number of rotatable bonds is 6. The highest BCUT2D eigenvalue weighted by Crippen LogP contribution is 2.43. The van der Waals surface area contributed by atoms with Gasteiger partial charge in [0, 0.05) is 31.3 Å². The second-order valence-corrected chi connectivity index (χ2v) is 7.62. The number of hydrogen-bond acceptors (Lipinski definition) is 4. The summed E-state index contributed by atoms with van der Waals surface area (Å²) in [5, 5.41) is -0.888. The van der Waals surface area contributed by atoms with Gasteiger partial charge in [-0.3, -0.25) is 9.59 Å². The van der Waals surface area contributed by atoms with E-state index in [4.69, 9.17) is 4.42 Å². The van der Waals surface area contributed by atoms with Crippen molar-refractivity contribution >= 4 is 23.6 Å². The molecule has 0 saturated carbocycles. The van der Waals surface area contributed by atoms with E-state index in [1.807, 2.05) is 6.92 Å². The van der Waals surface area contributed by atoms with Crippen LogP contribution in [0.1, 0.15) is 35.3 Å². The molecule has 27 heavy (non-hydrogen) atoms. The molecule has 0 spiro atoms. The SMILES string of the molecule is CCN(CCN1C(=O)[C@H](C)S[C@@H]1c1ccc(F)cc1F)C(=O)c1ccco1. The fraction of sp³-hybridized carbons (Fsp3) is 0.368. The maximum absolute atomic E-state index is 14.2. The summed E-state index contributed by atoms with van der Waals surface area (Å²) in [5.74, 6) is -1.51. The minimum absolute atomic E-state index is 0.129. The Bertz CT molecular complexity index is 828. The third-order valence-electron chi connectivity index (χ3n) is 4.49. The number of nitrogens with zero attached hydrogens (tertiary/aromatic N) is 2. The Hall–Kier alpha value is -2.35. The number of carbonyl (C=O) groups excluding carboxylic acids is 2. The van der Waals surface area contributed by atoms with Gasteiger partial charge in [0.15, 0.2) is 5.76 Å². The monoisotopic (exact) mass is 394 g/mol. The number of amides is 2. The molecule has 8 heteroatoms. The van der Waals surface area contributed by atoms with Gasteiger partial charge in [0.2, 0.25) is 5.91 Å². The smallest absolute Gasteiger partial charge is 0.289 e. The molecule has 2 amide bonds. The molecule has 0 radical (unpaired) electrons. The lowest BCUT2D eigenvalue weighted by atomic mass is 10.2. The second-order valence-electron chi connectivity index (χ2n) is 6.19. The number of carbonyl (C=O) groups is 2. The molecule has 2 atom stereocenters. The Labute approximate surface area is 160 Å². The van der Waals surface area contributed by atoms with E-state index in [0.717, 1.165) is 6.07 Å². The van der Waals surface area contributed by atoms with E-state index in [2.05, 4.69) is 0 Å². The first-order chi connectivity index (χ1) is 12.9. The molecule has 1 saturated heterocycles. The Kier molecular flexibility index (Phi) is 5.84. The molecule has 1 aromatic heterocycles. The van der Waals surface area contributed by atoms with E-state index in [-0.39, 0.29) is 41.5 Å². The highest BCUT2D eigenvalue weighted by Gasteiger charge is 2.39. The molecule has 1 aliphatic rings. The number of benzene rings is 1. The van der Waals surface area contributed by atoms with Crippen molar-refractivity contribution in [2.75, 3.05) is 19.6 Å². The van der Waals surface area contributed by atoms with Crippen LogP contribution in [-0.2, 0) is 4.79 Å². The first kappa shape index (κ1) is 19.4. The normalized spacial score (nSPS) is 19.6. The van der Waals surface area contributed by atoms with Gasteiger partial charge in [-0.05, 0) is 32.0 Å². The van der Waals surface area contributed by atoms with Gasteiger partial charge in [-0.2, -0.15) is 0 Å². The Morgan fingerprint density at radius 3 is 2.74 bits per heavy atom. The standard InChI is InChI=1S/C19H20F2N2O3S/c1-3-22(18(25)16-5-4-10-26-16)8-9-23-17(24)12(2)27-19(23)14-7-6-13(20)11-15(14)21/h4-7,10-12,19H,3,8-9H2,1-2H3/t12-,19+/m0/s1. The van der Waals surface area contributed by atoms with Gasteiger partial charge in [0.1, 0.15) is 17.0 Å². The number of halogens is 2. The third-order valence-corrected chi connectivity index (χ3v) is 5.86. The van der Waals surface area contributed by atoms with E-state index < -0.39 is 17.0 Å². The first-order valence-corrected chi connectivity index (χ1v) is 9.60. The summed E-state index contributed by atoms with van der Waals surface area (Å²) in [6.45, 7) is 4.57. The molecule has 0 unspecified atom stereocenters. The van der Waals surface area contributed by atoms with Crippen LogP contribution in [0.25, 0.3) is 0 Å². The van der Waals surface area contributed by atoms with Crippen molar-refractivity contribution in [2.24, 2.45) is 0 Å². The van der Waals surface area contributed by atoms with Crippen LogP contribution in [0.2, 0.25) is 0 Å². The molecule has 1 aliphatic heterocycles. The summed E-state index contributed by atoms with van der Waals surface area (Å²) >= 11 is 1.31. The highest BCUT2D eigenvalue weighted by atomic mass is 32.2. The van der Waals surface area contributed by atoms with Crippen LogP contribution in [0.5, 0.6) is 0 Å². The predicted molar refractivity (Wildman–Crippen MR) is 98.2 cm³/mol. The summed E-state index contributed by atoms with van der Waals surface area (Å²) in [6.07, 6.45) is 1.43. The van der Waals surface area contributed by atoms with Crippen molar-refractivity contribution in [3.05, 3.63) is 59.6 Å². The van der Waals surface area contributed by atoms with Crippen molar-refractivity contribution in [3.63, 3.8) is 0 Å². The van der Waals surface area contributed by atoms with Crippen molar-refractivity contribution in [2.45, 2.75) is 24.5 Å². The van der Waals surface area contributed by atoms with Crippen molar-refractivity contribution < 1.29 is 22.8 Å². The van der Waals surface area contributed by atoms with Crippen molar-refractivity contribution in [1.29, 1.82) is 0 Å². The van der Waals surface area contributed by atoms with Crippen LogP contribution < -0.4 is 0 Å². The Morgan fingerprint density at radius 1 is 1.33 bits per heavy atom. The molecular weight excluding hydrogens is 374 g/mol. The second kappa shape index (κ2) is 8.12. The van der Waals surface area contributed by atoms with Crippen LogP contribution in [-0.4, -0.2) is 46.5 Å². The Morgan fingerprint density at radius 2 is 2.11 bits per heavy atom. The zero-order valence-corrected chi connectivity index (χ0v) is 15.8. The first-order valence-electron chi connectivity index (χ1n) is 8.66. The zero-order valence-electron chi connectivity index (χ0n) is 15.0. The van der Waals surface area contributed by atoms with Gasteiger partial charge >= 0.3 is 0 Å². The fourth-order valence-electron chi connectivity index (χ4n) is 3.03. The molecule has 2 aromatic rings. The van der Waals surface area contributed by atoms with Crippen LogP contribution in [0.15, 0.2) is 41.0 Å². The van der Waals surface area contributed by atoms with Gasteiger partial charge < -0.3 is 14.2 Å². The fourth-order valence-corrected chi connectivity index (χ4v) is 4.36. The van der Waals surface area contributed by atoms with Crippen molar-refractivity contribution in [1.82, 2.24) is 9.80 Å². The average molecular weight is 394 g/mol. The molecule has 5 nitrogen and oxygen atoms in total. The van der Waals surface area contributed by atoms with E-state index in [1.165, 1.54) is 30.2 Å². The molecule has 144 valence electrons. The lowest BCUT2D eigenvalue weighted by Gasteiger charge is -2.28. The van der Waals surface area contributed by atoms with Gasteiger partial charge in [-0.1, -0.05) is 6.07 Å². The molecule has 3 rings (SSSR count). The predicted octanol–water partition coefficient (Wildman–Crippen LogP) is 3.68. The van der Waals surface area contributed by atoms with Crippen LogP contribution >= 0.6 is 11.8 Å². The molecule has 2 heterocycles. The van der Waals surface area contributed by atoms with E-state index in [0.29, 0.717) is 6.54 Å². The number of thioether (sulfide) groups is 1. The minimum atomic E-state index is -0.682. The number of hydrogen-bond donors (Lipinski definition) is 0. The van der Waals surface area contributed by atoms with E-state index in [9.17, 15) is 18.4 Å². The highest BCUT2D eigenvalue weighted by molar-refractivity contribution is 8.01. The van der Waals surface area contributed by atoms with Crippen LogP contribution in [0.4, 0.5) is 8.78 Å². The summed E-state index contributed by atoms with van der Waals surface area (Å²) < 4.78 is 32.6. The summed E-state index contributed by atoms with van der Waals surface area (Å²) in [4.78, 5) is 28.1. The quantitative estimate of drug-likeness (QED) is 0.750. The molecule has 0 aliphatic carbocycles. The third kappa shape index (κ3) is 4.00. The summed E-state index contributed by atoms with van der Waals surface area (Å²) in [5.41, 5.74) is 0.263. The van der Waals surface area contributed by atoms with Gasteiger partial charge in [0.25, 0.3) is 5.91 Å². The van der Waals surface area contributed by atoms with Crippen molar-refractivity contribution in [3.8, 4) is 0 Å². The molecule has 0 N–H and O–H groups in total. The van der Waals surface area contributed by atoms with Crippen LogP contribution in [0.3, 0.4) is 0 Å². The maximum atomic E-state index is 14.2. The number of likely N-dealkylation sites (N-methyl/N-ethyl adjacent to an activating group) is 1. The van der Waals surface area contributed by atoms with Crippen LogP contribution in [0, 0.1) is 11.6 Å². The lowest BCUT2D eigenvalue weighted by Crippen LogP contribution is -2.40. The minimum Gasteiger partial charge on any atom is -0.459 e. The van der Waals surface area contributed by atoms with Gasteiger partial charge in [-0.25, -0.2) is 8.78 Å². The lowest BCUT2D eigenvalue weighted by molar-refractivity contribution is -0.130. The summed E-state index contributed by atoms with van der Waals surface area (Å²) in [7, 11) is 0. The number of furan rings is 1. The molecular formula is C19H20F2N2O3S. The Balaban J connectivity index is 1.76.